The van der Waals surface area contributed by atoms with Crippen LogP contribution in [-0.2, 0) is 17.8 Å². The molecule has 0 aliphatic rings. The van der Waals surface area contributed by atoms with Crippen molar-refractivity contribution >= 4 is 5.91 Å². The van der Waals surface area contributed by atoms with E-state index in [0.717, 1.165) is 16.9 Å². The summed E-state index contributed by atoms with van der Waals surface area (Å²) in [7, 11) is 0. The first-order valence-corrected chi connectivity index (χ1v) is 8.28. The summed E-state index contributed by atoms with van der Waals surface area (Å²) < 4.78 is 11.1. The largest absolute Gasteiger partial charge is 0.481 e. The lowest BCUT2D eigenvalue weighted by molar-refractivity contribution is -0.138. The monoisotopic (exact) mass is 331 g/mol. The summed E-state index contributed by atoms with van der Waals surface area (Å²) >= 11 is 0. The van der Waals surface area contributed by atoms with Crippen molar-refractivity contribution in [1.82, 2.24) is 15.0 Å². The lowest BCUT2D eigenvalue weighted by atomic mass is 10.1. The van der Waals surface area contributed by atoms with Crippen LogP contribution in [0.2, 0.25) is 0 Å². The molecule has 1 aromatic heterocycles. The van der Waals surface area contributed by atoms with Crippen LogP contribution in [0.15, 0.2) is 22.7 Å². The summed E-state index contributed by atoms with van der Waals surface area (Å²) in [5.74, 6) is 1.72. The van der Waals surface area contributed by atoms with E-state index in [-0.39, 0.29) is 5.91 Å². The molecule has 0 unspecified atom stereocenters. The number of benzene rings is 1. The van der Waals surface area contributed by atoms with Gasteiger partial charge in [0.2, 0.25) is 5.89 Å². The molecule has 0 fully saturated rings. The number of nitrogens with zero attached hydrogens (tertiary/aromatic N) is 3. The summed E-state index contributed by atoms with van der Waals surface area (Å²) in [6.45, 7) is 10.4. The maximum atomic E-state index is 12.7. The van der Waals surface area contributed by atoms with Crippen LogP contribution in [0.4, 0.5) is 0 Å². The molecular weight excluding hydrogens is 306 g/mol. The molecule has 0 N–H and O–H groups in total. The second-order valence-electron chi connectivity index (χ2n) is 5.84. The van der Waals surface area contributed by atoms with Crippen molar-refractivity contribution in [2.24, 2.45) is 0 Å². The second-order valence-corrected chi connectivity index (χ2v) is 5.84. The van der Waals surface area contributed by atoms with E-state index in [9.17, 15) is 4.79 Å². The Kier molecular flexibility index (Phi) is 5.95. The Balaban J connectivity index is 2.05. The smallest absolute Gasteiger partial charge is 0.263 e. The zero-order valence-electron chi connectivity index (χ0n) is 15.0. The normalized spacial score (nSPS) is 12.0. The van der Waals surface area contributed by atoms with Gasteiger partial charge < -0.3 is 14.2 Å². The predicted octanol–water partition coefficient (Wildman–Crippen LogP) is 3.06. The van der Waals surface area contributed by atoms with E-state index in [2.05, 4.69) is 10.1 Å². The van der Waals surface area contributed by atoms with E-state index in [1.54, 1.807) is 11.8 Å². The molecule has 6 nitrogen and oxygen atoms in total. The molecule has 24 heavy (non-hydrogen) atoms. The quantitative estimate of drug-likeness (QED) is 0.780. The Hall–Kier alpha value is -2.37. The summed E-state index contributed by atoms with van der Waals surface area (Å²) in [6.07, 6.45) is 0.120. The third-order valence-corrected chi connectivity index (χ3v) is 3.84. The van der Waals surface area contributed by atoms with Crippen LogP contribution in [0.5, 0.6) is 5.75 Å². The van der Waals surface area contributed by atoms with Gasteiger partial charge in [0.25, 0.3) is 5.91 Å². The molecule has 1 amide bonds. The molecule has 2 aromatic rings. The fraction of sp³-hybridized carbons (Fsp3) is 0.500. The van der Waals surface area contributed by atoms with Crippen molar-refractivity contribution in [3.63, 3.8) is 0 Å². The first kappa shape index (κ1) is 18.0. The summed E-state index contributed by atoms with van der Waals surface area (Å²) in [5.41, 5.74) is 2.10. The van der Waals surface area contributed by atoms with E-state index >= 15 is 0 Å². The van der Waals surface area contributed by atoms with Gasteiger partial charge in [-0.1, -0.05) is 24.2 Å². The molecule has 0 aliphatic carbocycles. The van der Waals surface area contributed by atoms with E-state index in [1.165, 1.54) is 0 Å². The molecule has 0 bridgehead atoms. The Morgan fingerprint density at radius 1 is 1.33 bits per heavy atom. The van der Waals surface area contributed by atoms with Gasteiger partial charge in [-0.3, -0.25) is 4.79 Å². The Morgan fingerprint density at radius 2 is 2.08 bits per heavy atom. The van der Waals surface area contributed by atoms with Crippen LogP contribution in [0, 0.1) is 13.8 Å². The van der Waals surface area contributed by atoms with Crippen molar-refractivity contribution in [2.45, 2.75) is 53.7 Å². The molecule has 0 spiro atoms. The molecule has 6 heteroatoms. The van der Waals surface area contributed by atoms with Gasteiger partial charge in [0, 0.05) is 13.0 Å². The number of hydrogen-bond acceptors (Lipinski definition) is 5. The second kappa shape index (κ2) is 7.95. The van der Waals surface area contributed by atoms with Crippen LogP contribution in [0.1, 0.15) is 43.6 Å². The van der Waals surface area contributed by atoms with Gasteiger partial charge in [0.05, 0.1) is 0 Å². The average molecular weight is 331 g/mol. The minimum Gasteiger partial charge on any atom is -0.481 e. The number of carbonyl (C=O) groups is 1. The van der Waals surface area contributed by atoms with E-state index in [4.69, 9.17) is 9.26 Å². The third kappa shape index (κ3) is 4.34. The van der Waals surface area contributed by atoms with Crippen molar-refractivity contribution in [1.29, 1.82) is 0 Å². The standard InChI is InChI=1S/C18H25N3O3/c1-6-16-19-17(24-20-16)11-21(7-2)18(22)14(5)23-15-10-12(3)8-9-13(15)4/h8-10,14H,6-7,11H2,1-5H3/t14-/m0/s1. The Labute approximate surface area is 142 Å². The van der Waals surface area contributed by atoms with Crippen LogP contribution in [-0.4, -0.2) is 33.6 Å². The molecule has 0 saturated heterocycles. The first-order chi connectivity index (χ1) is 11.4. The van der Waals surface area contributed by atoms with E-state index < -0.39 is 6.10 Å². The van der Waals surface area contributed by atoms with Crippen molar-refractivity contribution < 1.29 is 14.1 Å². The summed E-state index contributed by atoms with van der Waals surface area (Å²) in [6, 6.07) is 5.96. The topological polar surface area (TPSA) is 68.5 Å². The van der Waals surface area contributed by atoms with Gasteiger partial charge in [-0.15, -0.1) is 0 Å². The SMILES string of the molecule is CCc1noc(CN(CC)C(=O)[C@H](C)Oc2cc(C)ccc2C)n1. The van der Waals surface area contributed by atoms with Gasteiger partial charge in [0.1, 0.15) is 12.3 Å². The highest BCUT2D eigenvalue weighted by Crippen LogP contribution is 2.21. The molecule has 0 saturated carbocycles. The number of likely N-dealkylation sites (N-methyl/N-ethyl adjacent to an activating group) is 1. The number of rotatable bonds is 7. The fourth-order valence-electron chi connectivity index (χ4n) is 2.34. The number of hydrogen-bond donors (Lipinski definition) is 0. The molecule has 1 heterocycles. The van der Waals surface area contributed by atoms with E-state index in [1.807, 2.05) is 45.9 Å². The maximum Gasteiger partial charge on any atom is 0.263 e. The maximum absolute atomic E-state index is 12.7. The summed E-state index contributed by atoms with van der Waals surface area (Å²) in [5, 5.41) is 3.86. The number of carbonyl (C=O) groups excluding carboxylic acids is 1. The fourth-order valence-corrected chi connectivity index (χ4v) is 2.34. The minimum atomic E-state index is -0.584. The predicted molar refractivity (Wildman–Crippen MR) is 90.8 cm³/mol. The minimum absolute atomic E-state index is 0.102. The molecule has 0 aliphatic heterocycles. The number of aryl methyl sites for hydroxylation is 3. The lowest BCUT2D eigenvalue weighted by Crippen LogP contribution is -2.40. The van der Waals surface area contributed by atoms with Crippen LogP contribution < -0.4 is 4.74 Å². The highest BCUT2D eigenvalue weighted by Gasteiger charge is 2.23. The van der Waals surface area contributed by atoms with Crippen LogP contribution >= 0.6 is 0 Å². The molecule has 1 atom stereocenters. The molecular formula is C18H25N3O3. The van der Waals surface area contributed by atoms with Crippen molar-refractivity contribution in [3.05, 3.63) is 41.0 Å². The Morgan fingerprint density at radius 3 is 2.71 bits per heavy atom. The van der Waals surface area contributed by atoms with Gasteiger partial charge in [-0.2, -0.15) is 4.98 Å². The third-order valence-electron chi connectivity index (χ3n) is 3.84. The Bertz CT molecular complexity index is 697. The number of aromatic nitrogens is 2. The molecule has 1 aromatic carbocycles. The van der Waals surface area contributed by atoms with Gasteiger partial charge in [0.15, 0.2) is 11.9 Å². The highest BCUT2D eigenvalue weighted by molar-refractivity contribution is 5.80. The lowest BCUT2D eigenvalue weighted by Gasteiger charge is -2.24. The molecule has 0 radical (unpaired) electrons. The number of ether oxygens (including phenoxy) is 1. The first-order valence-electron chi connectivity index (χ1n) is 8.28. The summed E-state index contributed by atoms with van der Waals surface area (Å²) in [4.78, 5) is 18.6. The molecule has 130 valence electrons. The highest BCUT2D eigenvalue weighted by atomic mass is 16.5. The number of amides is 1. The van der Waals surface area contributed by atoms with Gasteiger partial charge in [-0.25, -0.2) is 0 Å². The van der Waals surface area contributed by atoms with Gasteiger partial charge in [-0.05, 0) is 44.9 Å². The average Bonchev–Trinajstić information content (AvgIpc) is 3.03. The molecule has 2 rings (SSSR count). The van der Waals surface area contributed by atoms with Gasteiger partial charge >= 0.3 is 0 Å². The van der Waals surface area contributed by atoms with Crippen molar-refractivity contribution in [3.8, 4) is 5.75 Å². The zero-order chi connectivity index (χ0) is 17.7. The van der Waals surface area contributed by atoms with Crippen LogP contribution in [0.3, 0.4) is 0 Å². The zero-order valence-corrected chi connectivity index (χ0v) is 15.0. The van der Waals surface area contributed by atoms with E-state index in [0.29, 0.717) is 31.2 Å². The van der Waals surface area contributed by atoms with Crippen LogP contribution in [0.25, 0.3) is 0 Å². The van der Waals surface area contributed by atoms with Crippen molar-refractivity contribution in [2.75, 3.05) is 6.54 Å².